The second kappa shape index (κ2) is 4.64. The molecule has 1 aromatic rings. The van der Waals surface area contributed by atoms with E-state index in [1.807, 2.05) is 43.3 Å². The molecule has 0 heterocycles. The minimum absolute atomic E-state index is 0.0177. The zero-order chi connectivity index (χ0) is 9.68. The minimum Gasteiger partial charge on any atom is -0.356 e. The highest BCUT2D eigenvalue weighted by molar-refractivity contribution is 5.16. The smallest absolute Gasteiger partial charge is 0.142 e. The molecule has 0 aromatic heterocycles. The predicted molar refractivity (Wildman–Crippen MR) is 51.0 cm³/mol. The summed E-state index contributed by atoms with van der Waals surface area (Å²) in [5.74, 6) is 0. The summed E-state index contributed by atoms with van der Waals surface area (Å²) in [6.07, 6.45) is -0.369. The molecule has 0 fully saturated rings. The van der Waals surface area contributed by atoms with E-state index >= 15 is 0 Å². The first-order valence-electron chi connectivity index (χ1n) is 4.34. The fraction of sp³-hybridized carbons (Fsp3) is 0.364. The van der Waals surface area contributed by atoms with E-state index in [1.54, 1.807) is 6.92 Å². The molecule has 1 rings (SSSR count). The van der Waals surface area contributed by atoms with Crippen molar-refractivity contribution in [1.82, 2.24) is 0 Å². The molecule has 2 nitrogen and oxygen atoms in total. The van der Waals surface area contributed by atoms with Crippen LogP contribution in [0.1, 0.15) is 25.5 Å². The van der Waals surface area contributed by atoms with E-state index in [2.05, 4.69) is 0 Å². The zero-order valence-corrected chi connectivity index (χ0v) is 7.90. The molecular formula is C11H13NO. The lowest BCUT2D eigenvalue weighted by Crippen LogP contribution is -2.08. The average Bonchev–Trinajstić information content (AvgIpc) is 2.19. The predicted octanol–water partition coefficient (Wildman–Crippen LogP) is 2.68. The Balaban J connectivity index is 2.60. The van der Waals surface area contributed by atoms with Gasteiger partial charge in [0.2, 0.25) is 0 Å². The summed E-state index contributed by atoms with van der Waals surface area (Å²) in [5.41, 5.74) is 1.10. The summed E-state index contributed by atoms with van der Waals surface area (Å²) in [5, 5.41) is 8.56. The van der Waals surface area contributed by atoms with Crippen molar-refractivity contribution in [3.8, 4) is 6.07 Å². The van der Waals surface area contributed by atoms with Crippen LogP contribution in [0, 0.1) is 11.3 Å². The van der Waals surface area contributed by atoms with E-state index in [1.165, 1.54) is 0 Å². The fourth-order valence-electron chi connectivity index (χ4n) is 1.14. The topological polar surface area (TPSA) is 33.0 Å². The third kappa shape index (κ3) is 2.89. The van der Waals surface area contributed by atoms with Gasteiger partial charge in [0.1, 0.15) is 6.10 Å². The summed E-state index contributed by atoms with van der Waals surface area (Å²) in [4.78, 5) is 0. The van der Waals surface area contributed by atoms with Gasteiger partial charge in [-0.25, -0.2) is 0 Å². The lowest BCUT2D eigenvalue weighted by molar-refractivity contribution is 0.0375. The van der Waals surface area contributed by atoms with Crippen molar-refractivity contribution >= 4 is 0 Å². The molecule has 0 aliphatic rings. The van der Waals surface area contributed by atoms with Gasteiger partial charge in [-0.2, -0.15) is 5.26 Å². The summed E-state index contributed by atoms with van der Waals surface area (Å²) in [7, 11) is 0. The van der Waals surface area contributed by atoms with E-state index in [-0.39, 0.29) is 12.2 Å². The van der Waals surface area contributed by atoms with Crippen LogP contribution >= 0.6 is 0 Å². The third-order valence-electron chi connectivity index (χ3n) is 1.86. The molecule has 0 amide bonds. The molecule has 0 saturated heterocycles. The minimum atomic E-state index is -0.352. The van der Waals surface area contributed by atoms with Crippen LogP contribution in [0.2, 0.25) is 0 Å². The Kier molecular flexibility index (Phi) is 3.48. The molecule has 0 spiro atoms. The van der Waals surface area contributed by atoms with Crippen LogP contribution in [0.5, 0.6) is 0 Å². The zero-order valence-electron chi connectivity index (χ0n) is 7.90. The number of nitrogens with zero attached hydrogens (tertiary/aromatic N) is 1. The van der Waals surface area contributed by atoms with E-state index in [4.69, 9.17) is 10.00 Å². The molecule has 0 saturated carbocycles. The van der Waals surface area contributed by atoms with E-state index in [0.29, 0.717) is 0 Å². The van der Waals surface area contributed by atoms with Gasteiger partial charge in [0, 0.05) is 0 Å². The molecular weight excluding hydrogens is 162 g/mol. The molecule has 0 aliphatic carbocycles. The van der Waals surface area contributed by atoms with Crippen LogP contribution in [0.4, 0.5) is 0 Å². The van der Waals surface area contributed by atoms with Crippen molar-refractivity contribution in [1.29, 1.82) is 5.26 Å². The number of hydrogen-bond acceptors (Lipinski definition) is 2. The van der Waals surface area contributed by atoms with Crippen LogP contribution < -0.4 is 0 Å². The molecule has 68 valence electrons. The maximum Gasteiger partial charge on any atom is 0.142 e. The third-order valence-corrected chi connectivity index (χ3v) is 1.86. The monoisotopic (exact) mass is 175 g/mol. The lowest BCUT2D eigenvalue weighted by Gasteiger charge is -2.14. The van der Waals surface area contributed by atoms with Crippen LogP contribution in [-0.4, -0.2) is 6.10 Å². The van der Waals surface area contributed by atoms with Crippen molar-refractivity contribution in [3.63, 3.8) is 0 Å². The Labute approximate surface area is 78.8 Å². The Bertz CT molecular complexity index is 289. The summed E-state index contributed by atoms with van der Waals surface area (Å²) < 4.78 is 5.42. The van der Waals surface area contributed by atoms with Crippen LogP contribution in [0.15, 0.2) is 30.3 Å². The van der Waals surface area contributed by atoms with Gasteiger partial charge in [-0.3, -0.25) is 0 Å². The van der Waals surface area contributed by atoms with Gasteiger partial charge >= 0.3 is 0 Å². The Morgan fingerprint density at radius 3 is 2.38 bits per heavy atom. The standard InChI is InChI=1S/C11H13NO/c1-9(8-12)13-10(2)11-6-4-3-5-7-11/h3-7,9-10H,1-2H3/t9-,10-/m0/s1. The number of ether oxygens (including phenoxy) is 1. The summed E-state index contributed by atoms with van der Waals surface area (Å²) >= 11 is 0. The molecule has 0 unspecified atom stereocenters. The van der Waals surface area contributed by atoms with Crippen molar-refractivity contribution in [3.05, 3.63) is 35.9 Å². The molecule has 1 aromatic carbocycles. The SMILES string of the molecule is C[C@H](O[C@@H](C)C#N)c1ccccc1. The molecule has 0 radical (unpaired) electrons. The number of rotatable bonds is 3. The molecule has 2 heteroatoms. The van der Waals surface area contributed by atoms with Gasteiger partial charge < -0.3 is 4.74 Å². The number of benzene rings is 1. The van der Waals surface area contributed by atoms with Crippen molar-refractivity contribution in [2.75, 3.05) is 0 Å². The number of nitriles is 1. The second-order valence-electron chi connectivity index (χ2n) is 2.96. The van der Waals surface area contributed by atoms with Crippen molar-refractivity contribution in [2.45, 2.75) is 26.1 Å². The summed E-state index contributed by atoms with van der Waals surface area (Å²) in [6.45, 7) is 3.70. The normalized spacial score (nSPS) is 14.5. The molecule has 2 atom stereocenters. The maximum atomic E-state index is 8.56. The highest BCUT2D eigenvalue weighted by atomic mass is 16.5. The van der Waals surface area contributed by atoms with Crippen molar-refractivity contribution in [2.24, 2.45) is 0 Å². The largest absolute Gasteiger partial charge is 0.356 e. The molecule has 0 aliphatic heterocycles. The van der Waals surface area contributed by atoms with Gasteiger partial charge in [-0.05, 0) is 19.4 Å². The first kappa shape index (κ1) is 9.76. The van der Waals surface area contributed by atoms with Crippen LogP contribution in [-0.2, 0) is 4.74 Å². The Morgan fingerprint density at radius 1 is 1.23 bits per heavy atom. The van der Waals surface area contributed by atoms with Gasteiger partial charge in [0.15, 0.2) is 0 Å². The van der Waals surface area contributed by atoms with Gasteiger partial charge in [0.05, 0.1) is 12.2 Å². The van der Waals surface area contributed by atoms with E-state index in [0.717, 1.165) is 5.56 Å². The quantitative estimate of drug-likeness (QED) is 0.707. The number of hydrogen-bond donors (Lipinski definition) is 0. The first-order chi connectivity index (χ1) is 6.24. The van der Waals surface area contributed by atoms with Gasteiger partial charge in [0.25, 0.3) is 0 Å². The average molecular weight is 175 g/mol. The highest BCUT2D eigenvalue weighted by Gasteiger charge is 2.08. The van der Waals surface area contributed by atoms with Gasteiger partial charge in [-0.1, -0.05) is 30.3 Å². The Hall–Kier alpha value is -1.33. The van der Waals surface area contributed by atoms with Crippen LogP contribution in [0.3, 0.4) is 0 Å². The van der Waals surface area contributed by atoms with Gasteiger partial charge in [-0.15, -0.1) is 0 Å². The Morgan fingerprint density at radius 2 is 1.85 bits per heavy atom. The second-order valence-corrected chi connectivity index (χ2v) is 2.96. The fourth-order valence-corrected chi connectivity index (χ4v) is 1.14. The highest BCUT2D eigenvalue weighted by Crippen LogP contribution is 2.17. The van der Waals surface area contributed by atoms with E-state index < -0.39 is 0 Å². The lowest BCUT2D eigenvalue weighted by atomic mass is 10.1. The molecule has 0 bridgehead atoms. The van der Waals surface area contributed by atoms with Crippen LogP contribution in [0.25, 0.3) is 0 Å². The maximum absolute atomic E-state index is 8.56. The summed E-state index contributed by atoms with van der Waals surface area (Å²) in [6, 6.07) is 11.9. The van der Waals surface area contributed by atoms with E-state index in [9.17, 15) is 0 Å². The molecule has 0 N–H and O–H groups in total. The first-order valence-corrected chi connectivity index (χ1v) is 4.34. The molecule has 13 heavy (non-hydrogen) atoms. The van der Waals surface area contributed by atoms with Crippen molar-refractivity contribution < 1.29 is 4.74 Å².